The van der Waals surface area contributed by atoms with E-state index in [1.54, 1.807) is 19.1 Å². The molecule has 2 N–H and O–H groups in total. The Bertz CT molecular complexity index is 765. The average molecular weight is 395 g/mol. The lowest BCUT2D eigenvalue weighted by atomic mass is 10.1. The lowest BCUT2D eigenvalue weighted by Gasteiger charge is -2.10. The van der Waals surface area contributed by atoms with Gasteiger partial charge < -0.3 is 10.6 Å². The number of nitrogens with zero attached hydrogens (tertiary/aromatic N) is 2. The van der Waals surface area contributed by atoms with Crippen LogP contribution in [-0.2, 0) is 6.42 Å². The second-order valence-electron chi connectivity index (χ2n) is 6.54. The summed E-state index contributed by atoms with van der Waals surface area (Å²) in [7, 11) is 0. The summed E-state index contributed by atoms with van der Waals surface area (Å²) in [5, 5.41) is 7.37. The summed E-state index contributed by atoms with van der Waals surface area (Å²) in [4.78, 5) is 20.8. The number of aryl methyl sites for hydroxylation is 1. The molecule has 0 radical (unpaired) electrons. The Kier molecular flexibility index (Phi) is 7.66. The van der Waals surface area contributed by atoms with Gasteiger partial charge in [-0.15, -0.1) is 0 Å². The minimum atomic E-state index is -0.181. The number of hydrogen-bond donors (Lipinski definition) is 2. The number of halogens is 2. The van der Waals surface area contributed by atoms with E-state index < -0.39 is 0 Å². The number of carbonyl (C=O) groups is 1. The van der Waals surface area contributed by atoms with Gasteiger partial charge >= 0.3 is 0 Å². The molecule has 0 aliphatic heterocycles. The van der Waals surface area contributed by atoms with Gasteiger partial charge in [-0.25, -0.2) is 9.97 Å². The van der Waals surface area contributed by atoms with E-state index in [-0.39, 0.29) is 5.91 Å². The molecule has 140 valence electrons. The van der Waals surface area contributed by atoms with Gasteiger partial charge in [-0.2, -0.15) is 0 Å². The molecule has 0 bridgehead atoms. The fourth-order valence-corrected chi connectivity index (χ4v) is 2.89. The molecule has 0 saturated carbocycles. The summed E-state index contributed by atoms with van der Waals surface area (Å²) >= 11 is 12.1. The predicted octanol–water partition coefficient (Wildman–Crippen LogP) is 4.52. The molecule has 7 heteroatoms. The monoisotopic (exact) mass is 394 g/mol. The number of rotatable bonds is 8. The van der Waals surface area contributed by atoms with Gasteiger partial charge in [0.05, 0.1) is 0 Å². The molecule has 1 heterocycles. The first-order valence-electron chi connectivity index (χ1n) is 8.67. The molecule has 0 spiro atoms. The van der Waals surface area contributed by atoms with Crippen LogP contribution in [0.25, 0.3) is 0 Å². The number of aromatic nitrogens is 2. The highest BCUT2D eigenvalue weighted by molar-refractivity contribution is 6.35. The third kappa shape index (κ3) is 6.46. The molecule has 2 aromatic rings. The van der Waals surface area contributed by atoms with Crippen LogP contribution in [-0.4, -0.2) is 29.0 Å². The fourth-order valence-electron chi connectivity index (χ4n) is 2.39. The lowest BCUT2D eigenvalue weighted by Crippen LogP contribution is -2.26. The van der Waals surface area contributed by atoms with Crippen molar-refractivity contribution in [3.05, 3.63) is 51.4 Å². The first kappa shape index (κ1) is 20.5. The van der Waals surface area contributed by atoms with Crippen LogP contribution in [0.1, 0.15) is 42.1 Å². The molecule has 26 heavy (non-hydrogen) atoms. The minimum Gasteiger partial charge on any atom is -0.370 e. The summed E-state index contributed by atoms with van der Waals surface area (Å²) in [6.45, 7) is 7.28. The Labute approximate surface area is 164 Å². The molecule has 1 aromatic carbocycles. The Balaban J connectivity index is 1.95. The van der Waals surface area contributed by atoms with Crippen LogP contribution in [0.2, 0.25) is 10.0 Å². The zero-order valence-electron chi connectivity index (χ0n) is 15.3. The highest BCUT2D eigenvalue weighted by atomic mass is 35.5. The van der Waals surface area contributed by atoms with Crippen molar-refractivity contribution in [2.75, 3.05) is 18.4 Å². The van der Waals surface area contributed by atoms with Crippen molar-refractivity contribution in [2.45, 2.75) is 33.6 Å². The summed E-state index contributed by atoms with van der Waals surface area (Å²) in [5.41, 5.74) is 1.37. The van der Waals surface area contributed by atoms with E-state index in [1.807, 2.05) is 12.1 Å². The van der Waals surface area contributed by atoms with Gasteiger partial charge in [0.2, 0.25) is 0 Å². The Hall–Kier alpha value is -1.85. The van der Waals surface area contributed by atoms with Crippen LogP contribution in [0.4, 0.5) is 5.82 Å². The van der Waals surface area contributed by atoms with Crippen molar-refractivity contribution >= 4 is 34.9 Å². The third-order valence-electron chi connectivity index (χ3n) is 3.79. The molecule has 2 rings (SSSR count). The van der Waals surface area contributed by atoms with Crippen LogP contribution in [0.15, 0.2) is 24.3 Å². The van der Waals surface area contributed by atoms with E-state index in [2.05, 4.69) is 34.4 Å². The number of amides is 1. The molecular weight excluding hydrogens is 371 g/mol. The molecule has 0 aliphatic carbocycles. The van der Waals surface area contributed by atoms with Gasteiger partial charge in [0, 0.05) is 29.2 Å². The smallest absolute Gasteiger partial charge is 0.270 e. The molecule has 0 fully saturated rings. The van der Waals surface area contributed by atoms with Gasteiger partial charge in [0.1, 0.15) is 17.3 Å². The van der Waals surface area contributed by atoms with Crippen LogP contribution >= 0.6 is 23.2 Å². The molecule has 5 nitrogen and oxygen atoms in total. The molecular formula is C19H24Cl2N4O. The second-order valence-corrected chi connectivity index (χ2v) is 7.38. The van der Waals surface area contributed by atoms with Crippen LogP contribution in [0.5, 0.6) is 0 Å². The van der Waals surface area contributed by atoms with Gasteiger partial charge in [0.25, 0.3) is 5.91 Å². The summed E-state index contributed by atoms with van der Waals surface area (Å²) in [6, 6.07) is 7.12. The molecule has 0 unspecified atom stereocenters. The molecule has 0 atom stereocenters. The number of benzene rings is 1. The molecule has 0 aliphatic rings. The van der Waals surface area contributed by atoms with Gasteiger partial charge in [0.15, 0.2) is 0 Å². The van der Waals surface area contributed by atoms with Gasteiger partial charge in [-0.3, -0.25) is 4.79 Å². The second kappa shape index (κ2) is 9.74. The quantitative estimate of drug-likeness (QED) is 0.690. The van der Waals surface area contributed by atoms with E-state index in [0.29, 0.717) is 46.4 Å². The normalized spacial score (nSPS) is 10.8. The number of nitrogens with one attached hydrogen (secondary N) is 2. The molecule has 0 saturated heterocycles. The highest BCUT2D eigenvalue weighted by Gasteiger charge is 2.10. The van der Waals surface area contributed by atoms with Crippen molar-refractivity contribution in [3.8, 4) is 0 Å². The summed E-state index contributed by atoms with van der Waals surface area (Å²) in [6.07, 6.45) is 1.65. The van der Waals surface area contributed by atoms with E-state index in [9.17, 15) is 4.79 Å². The van der Waals surface area contributed by atoms with Crippen molar-refractivity contribution < 1.29 is 4.79 Å². The fraction of sp³-hybridized carbons (Fsp3) is 0.421. The first-order chi connectivity index (χ1) is 12.3. The van der Waals surface area contributed by atoms with E-state index in [4.69, 9.17) is 23.2 Å². The zero-order chi connectivity index (χ0) is 19.1. The van der Waals surface area contributed by atoms with Gasteiger partial charge in [-0.05, 0) is 43.4 Å². The third-order valence-corrected chi connectivity index (χ3v) is 4.38. The van der Waals surface area contributed by atoms with Crippen molar-refractivity contribution in [1.82, 2.24) is 15.3 Å². The van der Waals surface area contributed by atoms with Crippen LogP contribution in [0, 0.1) is 12.8 Å². The molecule has 1 aromatic heterocycles. The predicted molar refractivity (Wildman–Crippen MR) is 107 cm³/mol. The number of hydrogen-bond acceptors (Lipinski definition) is 4. The lowest BCUT2D eigenvalue weighted by molar-refractivity contribution is 0.0946. The Morgan fingerprint density at radius 2 is 1.92 bits per heavy atom. The highest BCUT2D eigenvalue weighted by Crippen LogP contribution is 2.21. The average Bonchev–Trinajstić information content (AvgIpc) is 2.56. The Morgan fingerprint density at radius 1 is 1.15 bits per heavy atom. The number of anilines is 1. The van der Waals surface area contributed by atoms with Crippen molar-refractivity contribution in [3.63, 3.8) is 0 Å². The van der Waals surface area contributed by atoms with Crippen LogP contribution in [0.3, 0.4) is 0 Å². The number of carbonyl (C=O) groups excluding carboxylic acids is 1. The topological polar surface area (TPSA) is 66.9 Å². The largest absolute Gasteiger partial charge is 0.370 e. The van der Waals surface area contributed by atoms with Crippen molar-refractivity contribution in [2.24, 2.45) is 5.92 Å². The van der Waals surface area contributed by atoms with Crippen LogP contribution < -0.4 is 10.6 Å². The zero-order valence-corrected chi connectivity index (χ0v) is 16.8. The SMILES string of the molecule is Cc1nc(NCCc2ccc(Cl)cc2Cl)cc(C(=O)NCCC(C)C)n1. The van der Waals surface area contributed by atoms with Gasteiger partial charge in [-0.1, -0.05) is 43.1 Å². The van der Waals surface area contributed by atoms with E-state index in [0.717, 1.165) is 18.4 Å². The van der Waals surface area contributed by atoms with E-state index in [1.165, 1.54) is 0 Å². The first-order valence-corrected chi connectivity index (χ1v) is 9.42. The maximum atomic E-state index is 12.2. The maximum absolute atomic E-state index is 12.2. The summed E-state index contributed by atoms with van der Waals surface area (Å²) in [5.74, 6) is 1.53. The van der Waals surface area contributed by atoms with E-state index >= 15 is 0 Å². The maximum Gasteiger partial charge on any atom is 0.270 e. The van der Waals surface area contributed by atoms with Crippen molar-refractivity contribution in [1.29, 1.82) is 0 Å². The Morgan fingerprint density at radius 3 is 2.62 bits per heavy atom. The minimum absolute atomic E-state index is 0.181. The standard InChI is InChI=1S/C19H24Cl2N4O/c1-12(2)6-8-23-19(26)17-11-18(25-13(3)24-17)22-9-7-14-4-5-15(20)10-16(14)21/h4-5,10-12H,6-9H2,1-3H3,(H,23,26)(H,22,24,25). The summed E-state index contributed by atoms with van der Waals surface area (Å²) < 4.78 is 0. The molecule has 1 amide bonds.